The van der Waals surface area contributed by atoms with Crippen molar-refractivity contribution >= 4 is 17.7 Å². The molecule has 0 aromatic heterocycles. The SMILES string of the molecule is CC(OC(=O)N1CCC2(CCCN2Cc2ccc(C(F)(F)F)cc2N2CCN(CC(=O)O)CC2)CC1)C(F)(F)F. The maximum atomic E-state index is 13.6. The highest BCUT2D eigenvalue weighted by molar-refractivity contribution is 5.69. The number of hydrogen-bond donors (Lipinski definition) is 1. The van der Waals surface area contributed by atoms with Crippen molar-refractivity contribution in [3.8, 4) is 0 Å². The van der Waals surface area contributed by atoms with Crippen LogP contribution in [0.4, 0.5) is 36.8 Å². The fourth-order valence-electron chi connectivity index (χ4n) is 5.92. The second kappa shape index (κ2) is 11.6. The van der Waals surface area contributed by atoms with Gasteiger partial charge in [0.2, 0.25) is 0 Å². The Bertz CT molecular complexity index is 1070. The topological polar surface area (TPSA) is 76.6 Å². The van der Waals surface area contributed by atoms with Gasteiger partial charge in [-0.05, 0) is 56.8 Å². The molecule has 224 valence electrons. The van der Waals surface area contributed by atoms with Gasteiger partial charge in [0.15, 0.2) is 6.10 Å². The molecule has 1 aromatic carbocycles. The number of amides is 1. The minimum absolute atomic E-state index is 0.126. The molecule has 14 heteroatoms. The van der Waals surface area contributed by atoms with E-state index in [4.69, 9.17) is 5.11 Å². The Hall–Kier alpha value is -2.74. The summed E-state index contributed by atoms with van der Waals surface area (Å²) in [5.41, 5.74) is 0.123. The van der Waals surface area contributed by atoms with Crippen LogP contribution in [-0.2, 0) is 22.3 Å². The first-order valence-electron chi connectivity index (χ1n) is 13.3. The van der Waals surface area contributed by atoms with Crippen molar-refractivity contribution in [2.75, 3.05) is 57.3 Å². The molecule has 1 N–H and O–H groups in total. The number of halogens is 6. The minimum Gasteiger partial charge on any atom is -0.480 e. The lowest BCUT2D eigenvalue weighted by molar-refractivity contribution is -0.200. The Labute approximate surface area is 228 Å². The first kappa shape index (κ1) is 30.2. The second-order valence-electron chi connectivity index (χ2n) is 10.8. The van der Waals surface area contributed by atoms with Gasteiger partial charge < -0.3 is 19.6 Å². The number of benzene rings is 1. The van der Waals surface area contributed by atoms with Gasteiger partial charge in [0.25, 0.3) is 0 Å². The van der Waals surface area contributed by atoms with Gasteiger partial charge in [-0.25, -0.2) is 4.79 Å². The van der Waals surface area contributed by atoms with E-state index in [0.717, 1.165) is 37.5 Å². The Kier molecular flexibility index (Phi) is 8.79. The molecular weight excluding hydrogens is 546 g/mol. The number of carboxylic acid groups (broad SMARTS) is 1. The highest BCUT2D eigenvalue weighted by atomic mass is 19.4. The van der Waals surface area contributed by atoms with Gasteiger partial charge in [0, 0.05) is 57.0 Å². The van der Waals surface area contributed by atoms with Gasteiger partial charge in [-0.2, -0.15) is 26.3 Å². The zero-order valence-corrected chi connectivity index (χ0v) is 22.2. The van der Waals surface area contributed by atoms with E-state index < -0.39 is 36.1 Å². The Morgan fingerprint density at radius 2 is 1.62 bits per heavy atom. The molecule has 3 aliphatic rings. The van der Waals surface area contributed by atoms with Gasteiger partial charge in [-0.3, -0.25) is 14.6 Å². The number of piperidine rings is 1. The number of hydrogen-bond acceptors (Lipinski definition) is 6. The molecule has 3 heterocycles. The van der Waals surface area contributed by atoms with Gasteiger partial charge in [0.1, 0.15) is 0 Å². The van der Waals surface area contributed by atoms with E-state index in [9.17, 15) is 35.9 Å². The molecule has 8 nitrogen and oxygen atoms in total. The van der Waals surface area contributed by atoms with Crippen LogP contribution in [0, 0.1) is 0 Å². The number of anilines is 1. The van der Waals surface area contributed by atoms with Crippen LogP contribution in [-0.4, -0.2) is 102 Å². The number of carboxylic acids is 1. The lowest BCUT2D eigenvalue weighted by Crippen LogP contribution is -2.53. The van der Waals surface area contributed by atoms with Crippen molar-refractivity contribution in [1.29, 1.82) is 0 Å². The minimum atomic E-state index is -4.64. The summed E-state index contributed by atoms with van der Waals surface area (Å²) < 4.78 is 83.8. The molecule has 1 aromatic rings. The predicted octanol–water partition coefficient (Wildman–Crippen LogP) is 4.43. The zero-order chi connectivity index (χ0) is 29.3. The van der Waals surface area contributed by atoms with Crippen molar-refractivity contribution in [2.45, 2.75) is 63.1 Å². The maximum absolute atomic E-state index is 13.6. The number of nitrogens with zero attached hydrogens (tertiary/aromatic N) is 4. The molecule has 1 unspecified atom stereocenters. The van der Waals surface area contributed by atoms with E-state index in [1.165, 1.54) is 11.0 Å². The van der Waals surface area contributed by atoms with Gasteiger partial charge >= 0.3 is 24.4 Å². The molecule has 1 spiro atoms. The smallest absolute Gasteiger partial charge is 0.425 e. The highest BCUT2D eigenvalue weighted by Gasteiger charge is 2.46. The van der Waals surface area contributed by atoms with Gasteiger partial charge in [-0.15, -0.1) is 0 Å². The number of carbonyl (C=O) groups is 2. The van der Waals surface area contributed by atoms with Crippen LogP contribution in [0.15, 0.2) is 18.2 Å². The van der Waals surface area contributed by atoms with Crippen LogP contribution < -0.4 is 4.90 Å². The van der Waals surface area contributed by atoms with Crippen molar-refractivity contribution in [1.82, 2.24) is 14.7 Å². The van der Waals surface area contributed by atoms with Crippen LogP contribution in [0.25, 0.3) is 0 Å². The standard InChI is InChI=1S/C26H34F6N4O4/c1-18(25(27,28)29)40-23(39)35-9-6-24(7-10-35)5-2-8-36(24)16-19-3-4-20(26(30,31)32)15-21(19)34-13-11-33(12-14-34)17-22(37)38/h3-4,15,18H,2,5-14,16-17H2,1H3,(H,37,38). The average Bonchev–Trinajstić information content (AvgIpc) is 3.24. The number of likely N-dealkylation sites (tertiary alicyclic amines) is 2. The van der Waals surface area contributed by atoms with Gasteiger partial charge in [0.05, 0.1) is 12.1 Å². The van der Waals surface area contributed by atoms with Crippen LogP contribution in [0.5, 0.6) is 0 Å². The average molecular weight is 581 g/mol. The monoisotopic (exact) mass is 580 g/mol. The van der Waals surface area contributed by atoms with Crippen LogP contribution in [0.1, 0.15) is 43.7 Å². The lowest BCUT2D eigenvalue weighted by atomic mass is 9.84. The Morgan fingerprint density at radius 1 is 0.975 bits per heavy atom. The first-order valence-corrected chi connectivity index (χ1v) is 13.3. The molecule has 40 heavy (non-hydrogen) atoms. The number of ether oxygens (including phenoxy) is 1. The van der Waals surface area contributed by atoms with Crippen molar-refractivity contribution in [3.05, 3.63) is 29.3 Å². The summed E-state index contributed by atoms with van der Waals surface area (Å²) in [6.45, 7) is 3.82. The Morgan fingerprint density at radius 3 is 2.20 bits per heavy atom. The van der Waals surface area contributed by atoms with E-state index in [0.29, 0.717) is 57.8 Å². The Balaban J connectivity index is 1.47. The summed E-state index contributed by atoms with van der Waals surface area (Å²) in [6.07, 6.45) is -9.65. The molecule has 0 radical (unpaired) electrons. The summed E-state index contributed by atoms with van der Waals surface area (Å²) in [5, 5.41) is 9.06. The van der Waals surface area contributed by atoms with Crippen molar-refractivity contribution in [2.24, 2.45) is 0 Å². The molecule has 3 saturated heterocycles. The summed E-state index contributed by atoms with van der Waals surface area (Å²) in [6, 6.07) is 3.73. The third-order valence-electron chi connectivity index (χ3n) is 8.28. The summed E-state index contributed by atoms with van der Waals surface area (Å²) in [4.78, 5) is 30.5. The second-order valence-corrected chi connectivity index (χ2v) is 10.8. The van der Waals surface area contributed by atoms with E-state index in [-0.39, 0.29) is 25.2 Å². The number of piperazine rings is 1. The largest absolute Gasteiger partial charge is 0.480 e. The third kappa shape index (κ3) is 6.93. The van der Waals surface area contributed by atoms with Crippen molar-refractivity contribution < 1.29 is 45.8 Å². The van der Waals surface area contributed by atoms with Gasteiger partial charge in [-0.1, -0.05) is 6.07 Å². The molecule has 0 bridgehead atoms. The molecule has 4 rings (SSSR count). The van der Waals surface area contributed by atoms with Crippen LogP contribution >= 0.6 is 0 Å². The van der Waals surface area contributed by atoms with E-state index in [1.54, 1.807) is 4.90 Å². The van der Waals surface area contributed by atoms with E-state index >= 15 is 0 Å². The van der Waals surface area contributed by atoms with Crippen molar-refractivity contribution in [3.63, 3.8) is 0 Å². The quantitative estimate of drug-likeness (QED) is 0.499. The summed E-state index contributed by atoms with van der Waals surface area (Å²) >= 11 is 0. The fourth-order valence-corrected chi connectivity index (χ4v) is 5.92. The summed E-state index contributed by atoms with van der Waals surface area (Å²) in [5.74, 6) is -0.957. The molecule has 1 atom stereocenters. The fraction of sp³-hybridized carbons (Fsp3) is 0.692. The lowest BCUT2D eigenvalue weighted by Gasteiger charge is -2.45. The maximum Gasteiger partial charge on any atom is 0.425 e. The zero-order valence-electron chi connectivity index (χ0n) is 22.2. The molecule has 3 aliphatic heterocycles. The molecule has 0 aliphatic carbocycles. The molecule has 1 amide bonds. The predicted molar refractivity (Wildman–Crippen MR) is 133 cm³/mol. The number of alkyl halides is 6. The molecule has 0 saturated carbocycles. The van der Waals surface area contributed by atoms with Crippen LogP contribution in [0.2, 0.25) is 0 Å². The molecular formula is C26H34F6N4O4. The first-order chi connectivity index (χ1) is 18.7. The normalized spacial score (nSPS) is 21.6. The number of rotatable bonds is 6. The highest BCUT2D eigenvalue weighted by Crippen LogP contribution is 2.41. The number of aliphatic carboxylic acids is 1. The van der Waals surface area contributed by atoms with Crippen LogP contribution in [0.3, 0.4) is 0 Å². The van der Waals surface area contributed by atoms with E-state index in [1.807, 2.05) is 4.90 Å². The third-order valence-corrected chi connectivity index (χ3v) is 8.28. The molecule has 3 fully saturated rings. The van der Waals surface area contributed by atoms with E-state index in [2.05, 4.69) is 9.64 Å². The number of carbonyl (C=O) groups excluding carboxylic acids is 1. The summed E-state index contributed by atoms with van der Waals surface area (Å²) in [7, 11) is 0.